The molecule has 1 aromatic rings. The lowest BCUT2D eigenvalue weighted by Crippen LogP contribution is -2.32. The molecule has 1 rings (SSSR count). The SMILES string of the molecule is NC(C(=O)c1ccc(C(F)(F)F)cc1)=C(C(F)(F)F)C(F)(F)F. The number of halogens is 9. The molecule has 0 aliphatic rings. The van der Waals surface area contributed by atoms with Crippen LogP contribution in [-0.4, -0.2) is 18.1 Å². The van der Waals surface area contributed by atoms with Gasteiger partial charge in [0.1, 0.15) is 0 Å². The number of nitrogens with two attached hydrogens (primary N) is 1. The van der Waals surface area contributed by atoms with E-state index in [-0.39, 0.29) is 0 Å². The number of hydrogen-bond donors (Lipinski definition) is 1. The second kappa shape index (κ2) is 5.78. The van der Waals surface area contributed by atoms with Crippen LogP contribution in [0.2, 0.25) is 0 Å². The van der Waals surface area contributed by atoms with Gasteiger partial charge in [0.15, 0.2) is 5.57 Å². The smallest absolute Gasteiger partial charge is 0.395 e. The molecule has 11 heteroatoms. The summed E-state index contributed by atoms with van der Waals surface area (Å²) >= 11 is 0. The summed E-state index contributed by atoms with van der Waals surface area (Å²) in [6.45, 7) is 0. The number of carbonyl (C=O) groups is 1. The van der Waals surface area contributed by atoms with Crippen LogP contribution in [0.4, 0.5) is 39.5 Å². The van der Waals surface area contributed by atoms with Gasteiger partial charge in [0, 0.05) is 5.56 Å². The van der Waals surface area contributed by atoms with E-state index in [2.05, 4.69) is 5.73 Å². The third kappa shape index (κ3) is 4.39. The van der Waals surface area contributed by atoms with E-state index in [0.717, 1.165) is 0 Å². The van der Waals surface area contributed by atoms with E-state index in [9.17, 15) is 44.3 Å². The number of alkyl halides is 9. The predicted octanol–water partition coefficient (Wildman–Crippen LogP) is 4.23. The van der Waals surface area contributed by atoms with E-state index in [4.69, 9.17) is 0 Å². The first-order valence-electron chi connectivity index (χ1n) is 5.52. The molecule has 0 aromatic heterocycles. The van der Waals surface area contributed by atoms with Crippen LogP contribution in [0.1, 0.15) is 15.9 Å². The topological polar surface area (TPSA) is 43.1 Å². The summed E-state index contributed by atoms with van der Waals surface area (Å²) in [5, 5.41) is 0. The van der Waals surface area contributed by atoms with E-state index in [1.54, 1.807) is 0 Å². The van der Waals surface area contributed by atoms with E-state index >= 15 is 0 Å². The quantitative estimate of drug-likeness (QED) is 0.492. The zero-order valence-electron chi connectivity index (χ0n) is 10.7. The number of hydrogen-bond acceptors (Lipinski definition) is 2. The zero-order valence-corrected chi connectivity index (χ0v) is 10.7. The van der Waals surface area contributed by atoms with E-state index in [1.165, 1.54) is 0 Å². The number of benzene rings is 1. The molecule has 0 aliphatic heterocycles. The maximum absolute atomic E-state index is 12.4. The lowest BCUT2D eigenvalue weighted by molar-refractivity contribution is -0.173. The van der Waals surface area contributed by atoms with Crippen molar-refractivity contribution in [2.45, 2.75) is 18.5 Å². The number of Topliss-reactive ketones (excluding diaryl/α,β-unsaturated/α-hetero) is 1. The number of ketones is 1. The molecule has 0 spiro atoms. The van der Waals surface area contributed by atoms with E-state index in [1.807, 2.05) is 0 Å². The molecule has 0 saturated carbocycles. The predicted molar refractivity (Wildman–Crippen MR) is 59.1 cm³/mol. The Kier molecular flexibility index (Phi) is 4.74. The molecule has 0 saturated heterocycles. The lowest BCUT2D eigenvalue weighted by Gasteiger charge is -2.17. The molecule has 1 aromatic carbocycles. The van der Waals surface area contributed by atoms with Gasteiger partial charge in [-0.15, -0.1) is 0 Å². The van der Waals surface area contributed by atoms with E-state index < -0.39 is 46.7 Å². The van der Waals surface area contributed by atoms with Gasteiger partial charge in [-0.25, -0.2) is 0 Å². The Morgan fingerprint density at radius 2 is 1.17 bits per heavy atom. The average molecular weight is 351 g/mol. The Labute approximate surface area is 122 Å². The lowest BCUT2D eigenvalue weighted by atomic mass is 10.0. The maximum Gasteiger partial charge on any atom is 0.423 e. The minimum atomic E-state index is -5.95. The van der Waals surface area contributed by atoms with Gasteiger partial charge >= 0.3 is 18.5 Å². The van der Waals surface area contributed by atoms with Gasteiger partial charge < -0.3 is 5.73 Å². The molecule has 23 heavy (non-hydrogen) atoms. The van der Waals surface area contributed by atoms with Crippen LogP contribution < -0.4 is 5.73 Å². The molecule has 0 aliphatic carbocycles. The molecule has 0 amide bonds. The van der Waals surface area contributed by atoms with Gasteiger partial charge in [0.05, 0.1) is 11.3 Å². The minimum Gasteiger partial charge on any atom is -0.395 e. The van der Waals surface area contributed by atoms with E-state index in [0.29, 0.717) is 24.3 Å². The van der Waals surface area contributed by atoms with Crippen LogP contribution in [-0.2, 0) is 6.18 Å². The highest BCUT2D eigenvalue weighted by Gasteiger charge is 2.53. The molecule has 0 atom stereocenters. The number of allylic oxidation sites excluding steroid dienone is 2. The van der Waals surface area contributed by atoms with Crippen LogP contribution in [0.15, 0.2) is 35.5 Å². The second-order valence-corrected chi connectivity index (χ2v) is 4.19. The maximum atomic E-state index is 12.4. The van der Waals surface area contributed by atoms with Crippen molar-refractivity contribution in [3.8, 4) is 0 Å². The van der Waals surface area contributed by atoms with Crippen LogP contribution in [0.25, 0.3) is 0 Å². The minimum absolute atomic E-state index is 0.335. The fourth-order valence-corrected chi connectivity index (χ4v) is 1.55. The second-order valence-electron chi connectivity index (χ2n) is 4.19. The molecular formula is C12H6F9NO. The summed E-state index contributed by atoms with van der Waals surface area (Å²) in [6.07, 6.45) is -16.7. The van der Waals surface area contributed by atoms with Crippen molar-refractivity contribution in [2.75, 3.05) is 0 Å². The van der Waals surface area contributed by atoms with Crippen molar-refractivity contribution < 1.29 is 44.3 Å². The van der Waals surface area contributed by atoms with Crippen molar-refractivity contribution in [3.63, 3.8) is 0 Å². The van der Waals surface area contributed by atoms with Crippen LogP contribution >= 0.6 is 0 Å². The highest BCUT2D eigenvalue weighted by Crippen LogP contribution is 2.40. The van der Waals surface area contributed by atoms with Crippen LogP contribution in [0.5, 0.6) is 0 Å². The van der Waals surface area contributed by atoms with Crippen molar-refractivity contribution in [1.82, 2.24) is 0 Å². The van der Waals surface area contributed by atoms with Gasteiger partial charge in [0.25, 0.3) is 0 Å². The summed E-state index contributed by atoms with van der Waals surface area (Å²) in [7, 11) is 0. The molecule has 0 radical (unpaired) electrons. The molecule has 0 bridgehead atoms. The van der Waals surface area contributed by atoms with Crippen molar-refractivity contribution >= 4 is 5.78 Å². The summed E-state index contributed by atoms with van der Waals surface area (Å²) in [5.41, 5.74) is -2.78. The van der Waals surface area contributed by atoms with Gasteiger partial charge in [-0.3, -0.25) is 4.79 Å². The van der Waals surface area contributed by atoms with Gasteiger partial charge in [0.2, 0.25) is 5.78 Å². The zero-order chi connectivity index (χ0) is 18.2. The Morgan fingerprint density at radius 1 is 0.783 bits per heavy atom. The fourth-order valence-electron chi connectivity index (χ4n) is 1.55. The molecule has 2 N–H and O–H groups in total. The van der Waals surface area contributed by atoms with Crippen LogP contribution in [0.3, 0.4) is 0 Å². The van der Waals surface area contributed by atoms with Crippen molar-refractivity contribution in [1.29, 1.82) is 0 Å². The Balaban J connectivity index is 3.34. The molecule has 0 fully saturated rings. The number of rotatable bonds is 2. The van der Waals surface area contributed by atoms with Crippen molar-refractivity contribution in [2.24, 2.45) is 5.73 Å². The molecule has 2 nitrogen and oxygen atoms in total. The number of carbonyl (C=O) groups excluding carboxylic acids is 1. The highest BCUT2D eigenvalue weighted by molar-refractivity contribution is 6.08. The first-order chi connectivity index (χ1) is 10.2. The largest absolute Gasteiger partial charge is 0.423 e. The third-order valence-electron chi connectivity index (χ3n) is 2.56. The first-order valence-corrected chi connectivity index (χ1v) is 5.52. The molecule has 0 heterocycles. The summed E-state index contributed by atoms with van der Waals surface area (Å²) < 4.78 is 111. The standard InChI is InChI=1S/C12H6F9NO/c13-10(14,15)6-3-1-5(2-4-6)8(23)7(22)9(11(16,17)18)12(19,20)21/h1-4H,22H2. The molecule has 128 valence electrons. The summed E-state index contributed by atoms with van der Waals surface area (Å²) in [5.74, 6) is -1.89. The Hall–Kier alpha value is -2.20. The summed E-state index contributed by atoms with van der Waals surface area (Å²) in [4.78, 5) is 11.6. The molecule has 0 unspecified atom stereocenters. The fraction of sp³-hybridized carbons (Fsp3) is 0.250. The normalized spacial score (nSPS) is 12.9. The monoisotopic (exact) mass is 351 g/mol. The van der Waals surface area contributed by atoms with Crippen LogP contribution in [0, 0.1) is 0 Å². The molecular weight excluding hydrogens is 345 g/mol. The average Bonchev–Trinajstić information content (AvgIpc) is 2.33. The summed E-state index contributed by atoms with van der Waals surface area (Å²) in [6, 6.07) is 1.54. The first kappa shape index (κ1) is 18.8. The third-order valence-corrected chi connectivity index (χ3v) is 2.56. The Bertz CT molecular complexity index is 604. The van der Waals surface area contributed by atoms with Gasteiger partial charge in [-0.2, -0.15) is 39.5 Å². The van der Waals surface area contributed by atoms with Gasteiger partial charge in [-0.05, 0) is 12.1 Å². The highest BCUT2D eigenvalue weighted by atomic mass is 19.4. The van der Waals surface area contributed by atoms with Crippen molar-refractivity contribution in [3.05, 3.63) is 46.7 Å². The Morgan fingerprint density at radius 3 is 1.48 bits per heavy atom. The van der Waals surface area contributed by atoms with Gasteiger partial charge in [-0.1, -0.05) is 12.1 Å².